The number of nitrogens with zero attached hydrogens (tertiary/aromatic N) is 1. The van der Waals surface area contributed by atoms with Crippen LogP contribution in [0, 0.1) is 20.8 Å². The molecule has 0 spiro atoms. The van der Waals surface area contributed by atoms with Gasteiger partial charge in [-0.15, -0.1) is 0 Å². The van der Waals surface area contributed by atoms with E-state index in [2.05, 4.69) is 0 Å². The lowest BCUT2D eigenvalue weighted by Gasteiger charge is -2.24. The van der Waals surface area contributed by atoms with E-state index in [1.807, 2.05) is 36.8 Å². The van der Waals surface area contributed by atoms with Gasteiger partial charge in [-0.25, -0.2) is 8.42 Å². The molecule has 8 heteroatoms. The fourth-order valence-corrected chi connectivity index (χ4v) is 5.69. The van der Waals surface area contributed by atoms with Crippen LogP contribution in [0.5, 0.6) is 0 Å². The van der Waals surface area contributed by atoms with Crippen molar-refractivity contribution in [2.75, 3.05) is 0 Å². The Bertz CT molecular complexity index is 1160. The Morgan fingerprint density at radius 1 is 1.07 bits per heavy atom. The van der Waals surface area contributed by atoms with E-state index in [0.717, 1.165) is 16.5 Å². The van der Waals surface area contributed by atoms with Gasteiger partial charge in [0.1, 0.15) is 6.04 Å². The van der Waals surface area contributed by atoms with Crippen LogP contribution < -0.4 is 4.72 Å². The summed E-state index contributed by atoms with van der Waals surface area (Å²) >= 11 is 0. The molecule has 0 radical (unpaired) electrons. The molecule has 30 heavy (non-hydrogen) atoms. The first-order valence-corrected chi connectivity index (χ1v) is 11.2. The Morgan fingerprint density at radius 2 is 1.70 bits per heavy atom. The van der Waals surface area contributed by atoms with Gasteiger partial charge in [0.05, 0.1) is 10.4 Å². The van der Waals surface area contributed by atoms with E-state index in [1.54, 1.807) is 38.2 Å². The number of fused-ring (bicyclic) bond motifs is 1. The molecule has 1 aromatic heterocycles. The number of aryl methyl sites for hydroxylation is 4. The average molecular weight is 439 g/mol. The third-order valence-electron chi connectivity index (χ3n) is 5.20. The Hall–Kier alpha value is -2.32. The van der Waals surface area contributed by atoms with E-state index in [9.17, 15) is 21.6 Å². The number of sulfonamides is 1. The van der Waals surface area contributed by atoms with E-state index < -0.39 is 28.8 Å². The van der Waals surface area contributed by atoms with E-state index >= 15 is 0 Å². The molecule has 1 atom stereocenters. The summed E-state index contributed by atoms with van der Waals surface area (Å²) in [6, 6.07) is 8.34. The van der Waals surface area contributed by atoms with Gasteiger partial charge < -0.3 is 4.57 Å². The van der Waals surface area contributed by atoms with Crippen LogP contribution in [0.15, 0.2) is 47.5 Å². The highest BCUT2D eigenvalue weighted by atomic mass is 32.2. The normalized spacial score (nSPS) is 13.7. The highest BCUT2D eigenvalue weighted by Crippen LogP contribution is 2.28. The number of para-hydroxylation sites is 1. The summed E-state index contributed by atoms with van der Waals surface area (Å²) in [6.07, 6.45) is -2.53. The molecule has 1 N–H and O–H groups in total. The number of nitrogens with one attached hydrogen (secondary N) is 1. The van der Waals surface area contributed by atoms with Gasteiger partial charge in [-0.05, 0) is 55.3 Å². The summed E-state index contributed by atoms with van der Waals surface area (Å²) in [4.78, 5) is -0.103. The molecule has 1 heterocycles. The second kappa shape index (κ2) is 8.07. The zero-order valence-corrected chi connectivity index (χ0v) is 18.2. The Kier molecular flexibility index (Phi) is 6.02. The van der Waals surface area contributed by atoms with Crippen molar-refractivity contribution in [1.82, 2.24) is 9.29 Å². The minimum Gasteiger partial charge on any atom is -0.345 e. The molecule has 3 rings (SSSR count). The van der Waals surface area contributed by atoms with Gasteiger partial charge in [0.2, 0.25) is 10.0 Å². The van der Waals surface area contributed by atoms with Crippen molar-refractivity contribution >= 4 is 20.9 Å². The van der Waals surface area contributed by atoms with Crippen LogP contribution in [0.2, 0.25) is 0 Å². The first-order chi connectivity index (χ1) is 13.9. The number of halogens is 3. The number of alkyl halides is 3. The first kappa shape index (κ1) is 22.4. The lowest BCUT2D eigenvalue weighted by atomic mass is 10.1. The molecule has 0 aliphatic carbocycles. The van der Waals surface area contributed by atoms with Gasteiger partial charge in [0.15, 0.2) is 0 Å². The van der Waals surface area contributed by atoms with Crippen molar-refractivity contribution in [3.8, 4) is 0 Å². The summed E-state index contributed by atoms with van der Waals surface area (Å²) in [5.74, 6) is 0. The minimum absolute atomic E-state index is 0.103. The number of rotatable bonds is 6. The fraction of sp³-hybridized carbons (Fsp3) is 0.364. The summed E-state index contributed by atoms with van der Waals surface area (Å²) in [6.45, 7) is 6.37. The topological polar surface area (TPSA) is 51.1 Å². The highest BCUT2D eigenvalue weighted by Gasteiger charge is 2.43. The van der Waals surface area contributed by atoms with Gasteiger partial charge in [-0.3, -0.25) is 0 Å². The molecule has 0 fully saturated rings. The molecule has 4 nitrogen and oxygen atoms in total. The minimum atomic E-state index is -4.75. The van der Waals surface area contributed by atoms with Crippen molar-refractivity contribution in [3.63, 3.8) is 0 Å². The SMILES string of the molecule is CCc1cccc2ccn(CC(NS(=O)(=O)c3c(C)cc(C)cc3C)C(F)(F)F)c12. The molecule has 0 saturated carbocycles. The molecule has 0 aliphatic heterocycles. The maximum absolute atomic E-state index is 13.9. The quantitative estimate of drug-likeness (QED) is 0.586. The third kappa shape index (κ3) is 4.39. The largest absolute Gasteiger partial charge is 0.406 e. The van der Waals surface area contributed by atoms with Crippen LogP contribution in [0.3, 0.4) is 0 Å². The maximum Gasteiger partial charge on any atom is 0.406 e. The second-order valence-corrected chi connectivity index (χ2v) is 9.27. The van der Waals surface area contributed by atoms with Crippen molar-refractivity contribution < 1.29 is 21.6 Å². The number of hydrogen-bond acceptors (Lipinski definition) is 2. The molecule has 1 unspecified atom stereocenters. The molecule has 162 valence electrons. The fourth-order valence-electron chi connectivity index (χ4n) is 4.02. The van der Waals surface area contributed by atoms with Crippen LogP contribution in [-0.4, -0.2) is 25.2 Å². The summed E-state index contributed by atoms with van der Waals surface area (Å²) in [5.41, 5.74) is 3.28. The van der Waals surface area contributed by atoms with Crippen molar-refractivity contribution in [3.05, 3.63) is 64.8 Å². The number of aromatic nitrogens is 1. The molecular weight excluding hydrogens is 413 g/mol. The van der Waals surface area contributed by atoms with Crippen molar-refractivity contribution in [2.24, 2.45) is 0 Å². The second-order valence-electron chi connectivity index (χ2n) is 7.62. The molecule has 0 bridgehead atoms. The van der Waals surface area contributed by atoms with Crippen LogP contribution in [0.25, 0.3) is 10.9 Å². The van der Waals surface area contributed by atoms with Crippen LogP contribution in [0.1, 0.15) is 29.2 Å². The Labute approximate surface area is 174 Å². The molecule has 0 aliphatic rings. The first-order valence-electron chi connectivity index (χ1n) is 9.67. The predicted octanol–water partition coefficient (Wildman–Crippen LogP) is 5.04. The van der Waals surface area contributed by atoms with E-state index in [0.29, 0.717) is 23.1 Å². The summed E-state index contributed by atoms with van der Waals surface area (Å²) in [7, 11) is -4.38. The highest BCUT2D eigenvalue weighted by molar-refractivity contribution is 7.89. The molecular formula is C22H25F3N2O2S. The summed E-state index contributed by atoms with van der Waals surface area (Å²) < 4.78 is 70.9. The van der Waals surface area contributed by atoms with Gasteiger partial charge in [0, 0.05) is 12.7 Å². The van der Waals surface area contributed by atoms with Gasteiger partial charge in [-0.1, -0.05) is 42.8 Å². The smallest absolute Gasteiger partial charge is 0.345 e. The molecule has 0 amide bonds. The van der Waals surface area contributed by atoms with E-state index in [1.165, 1.54) is 4.57 Å². The number of hydrogen-bond donors (Lipinski definition) is 1. The van der Waals surface area contributed by atoms with Crippen LogP contribution in [-0.2, 0) is 23.0 Å². The number of benzene rings is 2. The van der Waals surface area contributed by atoms with E-state index in [-0.39, 0.29) is 4.90 Å². The zero-order chi connectivity index (χ0) is 22.3. The maximum atomic E-state index is 13.9. The van der Waals surface area contributed by atoms with Gasteiger partial charge >= 0.3 is 6.18 Å². The average Bonchev–Trinajstić information content (AvgIpc) is 3.02. The Morgan fingerprint density at radius 3 is 2.27 bits per heavy atom. The third-order valence-corrected chi connectivity index (χ3v) is 6.97. The zero-order valence-electron chi connectivity index (χ0n) is 17.3. The molecule has 3 aromatic rings. The van der Waals surface area contributed by atoms with E-state index in [4.69, 9.17) is 0 Å². The summed E-state index contributed by atoms with van der Waals surface area (Å²) in [5, 5.41) is 0.823. The van der Waals surface area contributed by atoms with Crippen molar-refractivity contribution in [1.29, 1.82) is 0 Å². The lowest BCUT2D eigenvalue weighted by Crippen LogP contribution is -2.48. The van der Waals surface area contributed by atoms with Gasteiger partial charge in [-0.2, -0.15) is 17.9 Å². The molecule has 0 saturated heterocycles. The standard InChI is InChI=1S/C22H25F3N2O2S/c1-5-17-7-6-8-18-9-10-27(20(17)18)13-19(22(23,24)25)26-30(28,29)21-15(3)11-14(2)12-16(21)4/h6-12,19,26H,5,13H2,1-4H3. The van der Waals surface area contributed by atoms with Crippen LogP contribution >= 0.6 is 0 Å². The van der Waals surface area contributed by atoms with Crippen LogP contribution in [0.4, 0.5) is 13.2 Å². The molecule has 2 aromatic carbocycles. The van der Waals surface area contributed by atoms with Gasteiger partial charge in [0.25, 0.3) is 0 Å². The monoisotopic (exact) mass is 438 g/mol. The lowest BCUT2D eigenvalue weighted by molar-refractivity contribution is -0.154. The van der Waals surface area contributed by atoms with Crippen molar-refractivity contribution in [2.45, 2.75) is 57.8 Å². The predicted molar refractivity (Wildman–Crippen MR) is 112 cm³/mol. The Balaban J connectivity index is 2.01.